The van der Waals surface area contributed by atoms with Gasteiger partial charge in [0, 0.05) is 31.1 Å². The average molecular weight is 337 g/mol. The third-order valence-corrected chi connectivity index (χ3v) is 4.81. The van der Waals surface area contributed by atoms with E-state index in [2.05, 4.69) is 5.32 Å². The molecule has 0 unspecified atom stereocenters. The standard InChI is InChI=1S/C17H23NO4S/c19-16(5-4-13-6-8-22-9-7-13)18-15-3-1-2-14(10-15)11-23-12-17(20)21/h1-3,10,13H,4-9,11-12H2,(H,18,19)(H,20,21). The maximum absolute atomic E-state index is 12.0. The molecule has 2 rings (SSSR count). The summed E-state index contributed by atoms with van der Waals surface area (Å²) in [5.74, 6) is 0.521. The number of thioether (sulfide) groups is 1. The van der Waals surface area contributed by atoms with Crippen molar-refractivity contribution in [1.82, 2.24) is 0 Å². The van der Waals surface area contributed by atoms with Crippen LogP contribution in [0, 0.1) is 5.92 Å². The van der Waals surface area contributed by atoms with Crippen LogP contribution in [0.4, 0.5) is 5.69 Å². The fourth-order valence-corrected chi connectivity index (χ4v) is 3.28. The Bertz CT molecular complexity index is 529. The van der Waals surface area contributed by atoms with Crippen molar-refractivity contribution >= 4 is 29.3 Å². The van der Waals surface area contributed by atoms with Crippen molar-refractivity contribution in [3.8, 4) is 0 Å². The van der Waals surface area contributed by atoms with Crippen LogP contribution in [-0.2, 0) is 20.1 Å². The predicted molar refractivity (Wildman–Crippen MR) is 91.6 cm³/mol. The lowest BCUT2D eigenvalue weighted by Gasteiger charge is -2.21. The number of anilines is 1. The molecule has 0 atom stereocenters. The minimum atomic E-state index is -0.812. The maximum atomic E-state index is 12.0. The second-order valence-corrected chi connectivity index (χ2v) is 6.72. The Hall–Kier alpha value is -1.53. The molecule has 23 heavy (non-hydrogen) atoms. The van der Waals surface area contributed by atoms with Gasteiger partial charge >= 0.3 is 5.97 Å². The number of hydrogen-bond acceptors (Lipinski definition) is 4. The van der Waals surface area contributed by atoms with Gasteiger partial charge in [-0.05, 0) is 42.9 Å². The summed E-state index contributed by atoms with van der Waals surface area (Å²) in [5, 5.41) is 11.6. The summed E-state index contributed by atoms with van der Waals surface area (Å²) in [5.41, 5.74) is 1.79. The molecule has 0 aliphatic carbocycles. The Morgan fingerprint density at radius 1 is 1.30 bits per heavy atom. The van der Waals surface area contributed by atoms with E-state index in [1.165, 1.54) is 11.8 Å². The number of benzene rings is 1. The average Bonchev–Trinajstić information content (AvgIpc) is 2.54. The molecule has 0 aromatic heterocycles. The highest BCUT2D eigenvalue weighted by Gasteiger charge is 2.15. The Kier molecular flexibility index (Phi) is 7.42. The van der Waals surface area contributed by atoms with Gasteiger partial charge in [0.1, 0.15) is 0 Å². The van der Waals surface area contributed by atoms with Gasteiger partial charge in [-0.2, -0.15) is 0 Å². The highest BCUT2D eigenvalue weighted by atomic mass is 32.2. The van der Waals surface area contributed by atoms with Gasteiger partial charge in [0.15, 0.2) is 0 Å². The SMILES string of the molecule is O=C(O)CSCc1cccc(NC(=O)CCC2CCOCC2)c1. The third-order valence-electron chi connectivity index (χ3n) is 3.83. The highest BCUT2D eigenvalue weighted by Crippen LogP contribution is 2.21. The number of hydrogen-bond donors (Lipinski definition) is 2. The molecule has 1 amide bonds. The summed E-state index contributed by atoms with van der Waals surface area (Å²) in [7, 11) is 0. The van der Waals surface area contributed by atoms with Crippen LogP contribution in [0.3, 0.4) is 0 Å². The van der Waals surface area contributed by atoms with Crippen molar-refractivity contribution in [1.29, 1.82) is 0 Å². The van der Waals surface area contributed by atoms with Crippen LogP contribution in [0.25, 0.3) is 0 Å². The van der Waals surface area contributed by atoms with Crippen LogP contribution >= 0.6 is 11.8 Å². The first-order valence-corrected chi connectivity index (χ1v) is 9.05. The normalized spacial score (nSPS) is 15.3. The van der Waals surface area contributed by atoms with Crippen LogP contribution in [0.1, 0.15) is 31.2 Å². The molecule has 5 nitrogen and oxygen atoms in total. The van der Waals surface area contributed by atoms with E-state index in [-0.39, 0.29) is 11.7 Å². The van der Waals surface area contributed by atoms with E-state index in [9.17, 15) is 9.59 Å². The number of carboxylic acids is 1. The van der Waals surface area contributed by atoms with Crippen molar-refractivity contribution in [2.75, 3.05) is 24.3 Å². The summed E-state index contributed by atoms with van der Waals surface area (Å²) >= 11 is 1.35. The molecule has 0 bridgehead atoms. The second kappa shape index (κ2) is 9.57. The molecule has 1 heterocycles. The van der Waals surface area contributed by atoms with Gasteiger partial charge in [-0.1, -0.05) is 12.1 Å². The van der Waals surface area contributed by atoms with Gasteiger partial charge in [-0.25, -0.2) is 0 Å². The molecular weight excluding hydrogens is 314 g/mol. The summed E-state index contributed by atoms with van der Waals surface area (Å²) in [6.07, 6.45) is 3.53. The molecule has 0 radical (unpaired) electrons. The third kappa shape index (κ3) is 7.05. The summed E-state index contributed by atoms with van der Waals surface area (Å²) in [6.45, 7) is 1.62. The zero-order valence-electron chi connectivity index (χ0n) is 13.1. The van der Waals surface area contributed by atoms with E-state index in [0.29, 0.717) is 18.1 Å². The van der Waals surface area contributed by atoms with E-state index >= 15 is 0 Å². The van der Waals surface area contributed by atoms with Crippen LogP contribution in [0.2, 0.25) is 0 Å². The lowest BCUT2D eigenvalue weighted by atomic mass is 9.95. The number of ether oxygens (including phenoxy) is 1. The zero-order chi connectivity index (χ0) is 16.5. The van der Waals surface area contributed by atoms with Crippen molar-refractivity contribution in [2.45, 2.75) is 31.4 Å². The first-order chi connectivity index (χ1) is 11.1. The van der Waals surface area contributed by atoms with E-state index in [1.54, 1.807) is 0 Å². The van der Waals surface area contributed by atoms with Gasteiger partial charge < -0.3 is 15.2 Å². The van der Waals surface area contributed by atoms with Gasteiger partial charge in [0.25, 0.3) is 0 Å². The number of carbonyl (C=O) groups is 2. The molecule has 0 saturated carbocycles. The van der Waals surface area contributed by atoms with Crippen molar-refractivity contribution < 1.29 is 19.4 Å². The molecule has 1 aromatic carbocycles. The Balaban J connectivity index is 1.75. The van der Waals surface area contributed by atoms with Crippen molar-refractivity contribution in [3.05, 3.63) is 29.8 Å². The molecule has 0 spiro atoms. The van der Waals surface area contributed by atoms with E-state index in [1.807, 2.05) is 24.3 Å². The zero-order valence-corrected chi connectivity index (χ0v) is 13.9. The molecule has 1 fully saturated rings. The van der Waals surface area contributed by atoms with Gasteiger partial charge in [0.05, 0.1) is 5.75 Å². The van der Waals surface area contributed by atoms with Crippen LogP contribution in [0.5, 0.6) is 0 Å². The number of amides is 1. The fourth-order valence-electron chi connectivity index (χ4n) is 2.59. The number of carboxylic acid groups (broad SMARTS) is 1. The Morgan fingerprint density at radius 2 is 2.09 bits per heavy atom. The number of rotatable bonds is 8. The van der Waals surface area contributed by atoms with Crippen LogP contribution in [0.15, 0.2) is 24.3 Å². The lowest BCUT2D eigenvalue weighted by Crippen LogP contribution is -2.18. The topological polar surface area (TPSA) is 75.6 Å². The second-order valence-electron chi connectivity index (χ2n) is 5.73. The lowest BCUT2D eigenvalue weighted by molar-refractivity contribution is -0.133. The maximum Gasteiger partial charge on any atom is 0.313 e. The Labute approximate surface area is 140 Å². The number of carbonyl (C=O) groups excluding carboxylic acids is 1. The first-order valence-electron chi connectivity index (χ1n) is 7.89. The van der Waals surface area contributed by atoms with Crippen LogP contribution < -0.4 is 5.32 Å². The van der Waals surface area contributed by atoms with E-state index in [4.69, 9.17) is 9.84 Å². The van der Waals surface area contributed by atoms with E-state index in [0.717, 1.165) is 43.7 Å². The summed E-state index contributed by atoms with van der Waals surface area (Å²) in [4.78, 5) is 22.6. The fraction of sp³-hybridized carbons (Fsp3) is 0.529. The smallest absolute Gasteiger partial charge is 0.313 e. The molecular formula is C17H23NO4S. The van der Waals surface area contributed by atoms with Gasteiger partial charge in [-0.3, -0.25) is 9.59 Å². The molecule has 1 saturated heterocycles. The minimum Gasteiger partial charge on any atom is -0.481 e. The molecule has 1 aromatic rings. The molecule has 1 aliphatic heterocycles. The van der Waals surface area contributed by atoms with E-state index < -0.39 is 5.97 Å². The summed E-state index contributed by atoms with van der Waals surface area (Å²) < 4.78 is 5.32. The largest absolute Gasteiger partial charge is 0.481 e. The molecule has 1 aliphatic rings. The first kappa shape index (κ1) is 17.8. The number of aliphatic carboxylic acids is 1. The predicted octanol–water partition coefficient (Wildman–Crippen LogP) is 3.15. The van der Waals surface area contributed by atoms with Crippen molar-refractivity contribution in [2.24, 2.45) is 5.92 Å². The number of nitrogens with one attached hydrogen (secondary N) is 1. The molecule has 6 heteroatoms. The van der Waals surface area contributed by atoms with Gasteiger partial charge in [0.2, 0.25) is 5.91 Å². The quantitative estimate of drug-likeness (QED) is 0.762. The Morgan fingerprint density at radius 3 is 2.83 bits per heavy atom. The monoisotopic (exact) mass is 337 g/mol. The minimum absolute atomic E-state index is 0.0341. The molecule has 2 N–H and O–H groups in total. The van der Waals surface area contributed by atoms with Crippen LogP contribution in [-0.4, -0.2) is 35.9 Å². The summed E-state index contributed by atoms with van der Waals surface area (Å²) in [6, 6.07) is 7.58. The highest BCUT2D eigenvalue weighted by molar-refractivity contribution is 7.99. The van der Waals surface area contributed by atoms with Gasteiger partial charge in [-0.15, -0.1) is 11.8 Å². The van der Waals surface area contributed by atoms with Crippen molar-refractivity contribution in [3.63, 3.8) is 0 Å². The molecule has 126 valence electrons.